The lowest BCUT2D eigenvalue weighted by molar-refractivity contribution is -0.139. The average Bonchev–Trinajstić information content (AvgIpc) is 3.54. The largest absolute Gasteiger partial charge is 0.330 e. The Hall–Kier alpha value is -3.17. The van der Waals surface area contributed by atoms with Crippen LogP contribution in [0.25, 0.3) is 0 Å². The molecule has 1 saturated heterocycles. The summed E-state index contributed by atoms with van der Waals surface area (Å²) >= 11 is 6.05. The van der Waals surface area contributed by atoms with E-state index in [1.807, 2.05) is 24.3 Å². The van der Waals surface area contributed by atoms with Gasteiger partial charge in [0, 0.05) is 17.5 Å². The van der Waals surface area contributed by atoms with E-state index in [9.17, 15) is 14.4 Å². The Morgan fingerprint density at radius 3 is 2.53 bits per heavy atom. The molecule has 0 bridgehead atoms. The maximum atomic E-state index is 13.2. The molecule has 1 aliphatic heterocycles. The van der Waals surface area contributed by atoms with Crippen LogP contribution in [-0.2, 0) is 20.8 Å². The Bertz CT molecular complexity index is 1040. The Morgan fingerprint density at radius 2 is 1.90 bits per heavy atom. The van der Waals surface area contributed by atoms with Gasteiger partial charge in [0.1, 0.15) is 6.04 Å². The second-order valence-electron chi connectivity index (χ2n) is 7.63. The summed E-state index contributed by atoms with van der Waals surface area (Å²) in [4.78, 5) is 41.5. The molecule has 0 N–H and O–H groups in total. The number of anilines is 1. The summed E-state index contributed by atoms with van der Waals surface area (Å²) < 4.78 is 0. The van der Waals surface area contributed by atoms with E-state index in [4.69, 9.17) is 16.9 Å². The van der Waals surface area contributed by atoms with Crippen molar-refractivity contribution >= 4 is 35.0 Å². The molecule has 6 nitrogen and oxygen atoms in total. The summed E-state index contributed by atoms with van der Waals surface area (Å²) in [6, 6.07) is 14.9. The van der Waals surface area contributed by atoms with Gasteiger partial charge < -0.3 is 4.90 Å². The predicted octanol–water partition coefficient (Wildman–Crippen LogP) is 3.32. The van der Waals surface area contributed by atoms with Crippen molar-refractivity contribution in [1.29, 1.82) is 5.26 Å². The van der Waals surface area contributed by atoms with Gasteiger partial charge in [0.25, 0.3) is 5.91 Å². The molecule has 3 amide bonds. The van der Waals surface area contributed by atoms with Crippen molar-refractivity contribution in [2.45, 2.75) is 31.7 Å². The van der Waals surface area contributed by atoms with Crippen LogP contribution in [0.5, 0.6) is 0 Å². The Balaban J connectivity index is 1.55. The van der Waals surface area contributed by atoms with Crippen LogP contribution in [-0.4, -0.2) is 35.2 Å². The van der Waals surface area contributed by atoms with E-state index >= 15 is 0 Å². The number of imide groups is 1. The number of amides is 3. The van der Waals surface area contributed by atoms with Crippen LogP contribution in [0.15, 0.2) is 48.5 Å². The number of benzene rings is 2. The van der Waals surface area contributed by atoms with Gasteiger partial charge in [-0.25, -0.2) is 4.90 Å². The van der Waals surface area contributed by atoms with Crippen LogP contribution in [0.4, 0.5) is 5.69 Å². The fourth-order valence-electron chi connectivity index (χ4n) is 3.74. The summed E-state index contributed by atoms with van der Waals surface area (Å²) in [5.41, 5.74) is 1.83. The first kappa shape index (κ1) is 20.1. The van der Waals surface area contributed by atoms with Crippen molar-refractivity contribution in [3.8, 4) is 6.07 Å². The number of carbonyl (C=O) groups is 3. The van der Waals surface area contributed by atoms with E-state index in [0.717, 1.165) is 23.3 Å². The molecule has 2 aliphatic rings. The molecule has 2 aromatic rings. The number of carbonyl (C=O) groups excluding carboxylic acids is 3. The minimum atomic E-state index is -0.805. The Kier molecular flexibility index (Phi) is 5.56. The molecule has 0 radical (unpaired) electrons. The highest BCUT2D eigenvalue weighted by Crippen LogP contribution is 2.34. The molecule has 1 aliphatic carbocycles. The van der Waals surface area contributed by atoms with E-state index < -0.39 is 11.9 Å². The zero-order valence-electron chi connectivity index (χ0n) is 16.3. The van der Waals surface area contributed by atoms with Crippen molar-refractivity contribution in [3.05, 3.63) is 64.7 Å². The molecule has 4 rings (SSSR count). The zero-order valence-corrected chi connectivity index (χ0v) is 17.0. The summed E-state index contributed by atoms with van der Waals surface area (Å²) in [5.74, 6) is -0.864. The van der Waals surface area contributed by atoms with Gasteiger partial charge in [-0.1, -0.05) is 23.7 Å². The number of rotatable bonds is 6. The van der Waals surface area contributed by atoms with Crippen LogP contribution in [0, 0.1) is 17.2 Å². The maximum absolute atomic E-state index is 13.2. The summed E-state index contributed by atoms with van der Waals surface area (Å²) in [6.45, 7) is 0.348. The fourth-order valence-corrected chi connectivity index (χ4v) is 3.96. The molecule has 1 saturated carbocycles. The van der Waals surface area contributed by atoms with Crippen LogP contribution in [0.1, 0.15) is 30.4 Å². The molecule has 0 aromatic heterocycles. The van der Waals surface area contributed by atoms with Gasteiger partial charge in [-0.3, -0.25) is 14.4 Å². The highest BCUT2D eigenvalue weighted by Gasteiger charge is 2.46. The molecule has 2 fully saturated rings. The lowest BCUT2D eigenvalue weighted by atomic mass is 10.1. The van der Waals surface area contributed by atoms with Crippen LogP contribution in [0.3, 0.4) is 0 Å². The third kappa shape index (κ3) is 4.07. The minimum absolute atomic E-state index is 0.0349. The highest BCUT2D eigenvalue weighted by atomic mass is 35.5. The number of nitrogens with zero attached hydrogens (tertiary/aromatic N) is 3. The quantitative estimate of drug-likeness (QED) is 0.670. The molecule has 2 aromatic carbocycles. The van der Waals surface area contributed by atoms with Crippen molar-refractivity contribution < 1.29 is 14.4 Å². The van der Waals surface area contributed by atoms with Crippen molar-refractivity contribution in [1.82, 2.24) is 4.90 Å². The van der Waals surface area contributed by atoms with E-state index in [0.29, 0.717) is 29.2 Å². The molecule has 152 valence electrons. The van der Waals surface area contributed by atoms with E-state index in [1.54, 1.807) is 35.2 Å². The second-order valence-corrected chi connectivity index (χ2v) is 8.07. The smallest absolute Gasteiger partial charge is 0.257 e. The normalized spacial score (nSPS) is 18.4. The molecule has 30 heavy (non-hydrogen) atoms. The number of halogens is 1. The van der Waals surface area contributed by atoms with Gasteiger partial charge in [0.2, 0.25) is 11.8 Å². The Morgan fingerprint density at radius 1 is 1.17 bits per heavy atom. The summed E-state index contributed by atoms with van der Waals surface area (Å²) in [6.07, 6.45) is 2.15. The van der Waals surface area contributed by atoms with E-state index in [-0.39, 0.29) is 24.2 Å². The van der Waals surface area contributed by atoms with Crippen molar-refractivity contribution in [3.63, 3.8) is 0 Å². The third-order valence-corrected chi connectivity index (χ3v) is 5.73. The fraction of sp³-hybridized carbons (Fsp3) is 0.304. The molecule has 1 heterocycles. The van der Waals surface area contributed by atoms with Gasteiger partial charge >= 0.3 is 0 Å². The molecule has 1 unspecified atom stereocenters. The highest BCUT2D eigenvalue weighted by molar-refractivity contribution is 6.30. The molecular weight excluding hydrogens is 402 g/mol. The van der Waals surface area contributed by atoms with Gasteiger partial charge in [-0.05, 0) is 61.2 Å². The molecule has 0 spiro atoms. The lowest BCUT2D eigenvalue weighted by Gasteiger charge is -2.28. The maximum Gasteiger partial charge on any atom is 0.257 e. The summed E-state index contributed by atoms with van der Waals surface area (Å²) in [5, 5.41) is 9.57. The average molecular weight is 422 g/mol. The molecular formula is C23H20ClN3O3. The molecule has 7 heteroatoms. The van der Waals surface area contributed by atoms with Gasteiger partial charge in [0.05, 0.1) is 23.7 Å². The third-order valence-electron chi connectivity index (χ3n) is 5.49. The minimum Gasteiger partial charge on any atom is -0.330 e. The SMILES string of the molecule is N#Cc1ccc(N2C(=O)CC(N(CCc3cccc(Cl)c3)C(=O)C3CC3)C2=O)cc1. The van der Waals surface area contributed by atoms with Crippen LogP contribution < -0.4 is 4.90 Å². The monoisotopic (exact) mass is 421 g/mol. The number of hydrogen-bond donors (Lipinski definition) is 0. The van der Waals surface area contributed by atoms with Crippen LogP contribution in [0.2, 0.25) is 5.02 Å². The van der Waals surface area contributed by atoms with Gasteiger partial charge in [-0.15, -0.1) is 0 Å². The van der Waals surface area contributed by atoms with Crippen molar-refractivity contribution in [2.24, 2.45) is 5.92 Å². The predicted molar refractivity (Wildman–Crippen MR) is 112 cm³/mol. The first-order valence-corrected chi connectivity index (χ1v) is 10.3. The lowest BCUT2D eigenvalue weighted by Crippen LogP contribution is -2.47. The first-order valence-electron chi connectivity index (χ1n) is 9.90. The van der Waals surface area contributed by atoms with Gasteiger partial charge in [-0.2, -0.15) is 5.26 Å². The van der Waals surface area contributed by atoms with Gasteiger partial charge in [0.15, 0.2) is 0 Å². The first-order chi connectivity index (χ1) is 14.5. The summed E-state index contributed by atoms with van der Waals surface area (Å²) in [7, 11) is 0. The van der Waals surface area contributed by atoms with Crippen LogP contribution >= 0.6 is 11.6 Å². The topological polar surface area (TPSA) is 81.5 Å². The number of hydrogen-bond acceptors (Lipinski definition) is 4. The van der Waals surface area contributed by atoms with Crippen molar-refractivity contribution in [2.75, 3.05) is 11.4 Å². The zero-order chi connectivity index (χ0) is 21.3. The second kappa shape index (κ2) is 8.29. The van der Waals surface area contributed by atoms with E-state index in [2.05, 4.69) is 0 Å². The standard InChI is InChI=1S/C23H20ClN3O3/c24-18-3-1-2-15(12-18)10-11-26(22(29)17-6-7-17)20-13-21(28)27(23(20)30)19-8-4-16(14-25)5-9-19/h1-5,8-9,12,17,20H,6-7,10-11,13H2. The Labute approximate surface area is 179 Å². The molecule has 1 atom stereocenters. The number of nitriles is 1. The van der Waals surface area contributed by atoms with E-state index in [1.165, 1.54) is 0 Å².